The van der Waals surface area contributed by atoms with Crippen LogP contribution in [0.15, 0.2) is 36.5 Å². The molecule has 3 aromatic rings. The molecule has 180 valence electrons. The van der Waals surface area contributed by atoms with Crippen LogP contribution in [0.25, 0.3) is 11.3 Å². The van der Waals surface area contributed by atoms with Crippen molar-refractivity contribution in [2.75, 3.05) is 38.7 Å². The molecule has 1 aliphatic heterocycles. The van der Waals surface area contributed by atoms with Gasteiger partial charge >= 0.3 is 0 Å². The molecule has 4 N–H and O–H groups in total. The van der Waals surface area contributed by atoms with Crippen molar-refractivity contribution in [1.82, 2.24) is 24.8 Å². The van der Waals surface area contributed by atoms with Crippen molar-refractivity contribution >= 4 is 29.3 Å². The average Bonchev–Trinajstić information content (AvgIpc) is 2.83. The number of pyridine rings is 1. The van der Waals surface area contributed by atoms with Gasteiger partial charge in [0, 0.05) is 30.4 Å². The summed E-state index contributed by atoms with van der Waals surface area (Å²) in [6.07, 6.45) is 3.49. The first-order chi connectivity index (χ1) is 16.7. The zero-order valence-electron chi connectivity index (χ0n) is 20.0. The number of likely N-dealkylation sites (tertiary alicyclic amines) is 1. The molecule has 1 fully saturated rings. The summed E-state index contributed by atoms with van der Waals surface area (Å²) in [5.74, 6) is 6.67. The van der Waals surface area contributed by atoms with E-state index in [4.69, 9.17) is 23.1 Å². The lowest BCUT2D eigenvalue weighted by molar-refractivity contribution is 0.0660. The molecule has 1 saturated heterocycles. The van der Waals surface area contributed by atoms with Crippen molar-refractivity contribution in [2.45, 2.75) is 25.8 Å². The molecular weight excluding hydrogens is 462 g/mol. The van der Waals surface area contributed by atoms with Crippen LogP contribution in [-0.2, 0) is 0 Å². The second kappa shape index (κ2) is 10.3. The van der Waals surface area contributed by atoms with Gasteiger partial charge in [-0.05, 0) is 64.2 Å². The molecule has 2 aromatic heterocycles. The molecule has 9 heteroatoms. The number of piperidine rings is 1. The Morgan fingerprint density at radius 3 is 2.54 bits per heavy atom. The zero-order chi connectivity index (χ0) is 25.1. The topological polar surface area (TPSA) is 114 Å². The third-order valence-electron chi connectivity index (χ3n) is 6.25. The summed E-state index contributed by atoms with van der Waals surface area (Å²) in [7, 11) is 3.94. The fraction of sp³-hybridized carbons (Fsp3) is 0.308. The molecule has 1 aliphatic rings. The van der Waals surface area contributed by atoms with Gasteiger partial charge in [0.1, 0.15) is 5.82 Å². The molecule has 0 radical (unpaired) electrons. The number of hydrogen-bond acceptors (Lipinski definition) is 7. The number of carbonyl (C=O) groups excluding carboxylic acids is 1. The van der Waals surface area contributed by atoms with E-state index < -0.39 is 0 Å². The van der Waals surface area contributed by atoms with Crippen molar-refractivity contribution in [3.63, 3.8) is 0 Å². The van der Waals surface area contributed by atoms with Crippen LogP contribution in [0.2, 0.25) is 5.02 Å². The van der Waals surface area contributed by atoms with E-state index in [2.05, 4.69) is 38.7 Å². The van der Waals surface area contributed by atoms with E-state index >= 15 is 0 Å². The molecule has 1 amide bonds. The highest BCUT2D eigenvalue weighted by Crippen LogP contribution is 2.29. The Hall–Kier alpha value is -3.67. The quantitative estimate of drug-likeness (QED) is 0.543. The van der Waals surface area contributed by atoms with E-state index in [-0.39, 0.29) is 17.9 Å². The molecule has 0 aliphatic carbocycles. The number of anilines is 2. The summed E-state index contributed by atoms with van der Waals surface area (Å²) in [6, 6.07) is 8.96. The number of nitrogens with zero attached hydrogens (tertiary/aromatic N) is 5. The lowest BCUT2D eigenvalue weighted by Crippen LogP contribution is -2.44. The summed E-state index contributed by atoms with van der Waals surface area (Å²) < 4.78 is 0. The SMILES string of the molecule is Cc1nc(N)nc(-c2ccc(C(=O)N(C)C3CCN(C)CC3)c(Cl)c2)c1C#Cc1ccc(N)nc1. The Bertz CT molecular complexity index is 1310. The maximum Gasteiger partial charge on any atom is 0.255 e. The van der Waals surface area contributed by atoms with E-state index in [1.807, 2.05) is 20.0 Å². The molecule has 0 saturated carbocycles. The van der Waals surface area contributed by atoms with Gasteiger partial charge < -0.3 is 21.3 Å². The van der Waals surface area contributed by atoms with E-state index in [1.54, 1.807) is 35.4 Å². The minimum atomic E-state index is -0.0923. The van der Waals surface area contributed by atoms with Gasteiger partial charge in [-0.1, -0.05) is 29.5 Å². The highest BCUT2D eigenvalue weighted by atomic mass is 35.5. The zero-order valence-corrected chi connectivity index (χ0v) is 20.8. The number of benzene rings is 1. The molecule has 0 bridgehead atoms. The Morgan fingerprint density at radius 1 is 1.14 bits per heavy atom. The Balaban J connectivity index is 1.65. The summed E-state index contributed by atoms with van der Waals surface area (Å²) in [6.45, 7) is 3.77. The normalized spacial score (nSPS) is 14.3. The van der Waals surface area contributed by atoms with Crippen LogP contribution >= 0.6 is 11.6 Å². The number of nitrogens with two attached hydrogens (primary N) is 2. The van der Waals surface area contributed by atoms with Gasteiger partial charge in [0.15, 0.2) is 0 Å². The first-order valence-electron chi connectivity index (χ1n) is 11.4. The third-order valence-corrected chi connectivity index (χ3v) is 6.57. The number of halogens is 1. The fourth-order valence-corrected chi connectivity index (χ4v) is 4.40. The Kier molecular flexibility index (Phi) is 7.20. The summed E-state index contributed by atoms with van der Waals surface area (Å²) in [5.41, 5.74) is 15.3. The largest absolute Gasteiger partial charge is 0.384 e. The lowest BCUT2D eigenvalue weighted by Gasteiger charge is -2.35. The smallest absolute Gasteiger partial charge is 0.255 e. The van der Waals surface area contributed by atoms with E-state index in [0.717, 1.165) is 25.9 Å². The van der Waals surface area contributed by atoms with Gasteiger partial charge in [0.2, 0.25) is 5.95 Å². The van der Waals surface area contributed by atoms with E-state index in [1.165, 1.54) is 0 Å². The second-order valence-electron chi connectivity index (χ2n) is 8.76. The van der Waals surface area contributed by atoms with Gasteiger partial charge in [0.25, 0.3) is 5.91 Å². The highest BCUT2D eigenvalue weighted by molar-refractivity contribution is 6.34. The van der Waals surface area contributed by atoms with Gasteiger partial charge in [-0.25, -0.2) is 15.0 Å². The minimum Gasteiger partial charge on any atom is -0.384 e. The molecule has 3 heterocycles. The molecule has 0 unspecified atom stereocenters. The maximum atomic E-state index is 13.2. The number of carbonyl (C=O) groups is 1. The molecule has 35 heavy (non-hydrogen) atoms. The number of aromatic nitrogens is 3. The van der Waals surface area contributed by atoms with Crippen molar-refractivity contribution in [2.24, 2.45) is 0 Å². The van der Waals surface area contributed by atoms with E-state index in [0.29, 0.717) is 44.5 Å². The summed E-state index contributed by atoms with van der Waals surface area (Å²) >= 11 is 6.61. The summed E-state index contributed by atoms with van der Waals surface area (Å²) in [4.78, 5) is 30.0. The van der Waals surface area contributed by atoms with Gasteiger partial charge in [0.05, 0.1) is 27.5 Å². The Labute approximate surface area is 210 Å². The number of amides is 1. The number of hydrogen-bond donors (Lipinski definition) is 2. The van der Waals surface area contributed by atoms with Crippen LogP contribution < -0.4 is 11.5 Å². The fourth-order valence-electron chi connectivity index (χ4n) is 4.14. The second-order valence-corrected chi connectivity index (χ2v) is 9.16. The number of rotatable bonds is 3. The van der Waals surface area contributed by atoms with Crippen molar-refractivity contribution in [1.29, 1.82) is 0 Å². The number of aryl methyl sites for hydroxylation is 1. The molecule has 1 aromatic carbocycles. The predicted molar refractivity (Wildman–Crippen MR) is 139 cm³/mol. The van der Waals surface area contributed by atoms with Crippen LogP contribution in [0, 0.1) is 18.8 Å². The predicted octanol–water partition coefficient (Wildman–Crippen LogP) is 3.23. The monoisotopic (exact) mass is 489 g/mol. The molecule has 0 spiro atoms. The minimum absolute atomic E-state index is 0.0923. The highest BCUT2D eigenvalue weighted by Gasteiger charge is 2.26. The molecular formula is C26H28ClN7O. The standard InChI is InChI=1S/C26H28ClN7O/c1-16-20(7-4-17-5-9-23(28)30-15-17)24(32-26(29)31-16)18-6-8-21(22(27)14-18)25(35)34(3)19-10-12-33(2)13-11-19/h5-6,8-9,14-15,19H,10-13H2,1-3H3,(H2,28,30)(H2,29,31,32). The van der Waals surface area contributed by atoms with Crippen LogP contribution in [-0.4, -0.2) is 63.9 Å². The van der Waals surface area contributed by atoms with Gasteiger partial charge in [-0.3, -0.25) is 4.79 Å². The third kappa shape index (κ3) is 5.53. The lowest BCUT2D eigenvalue weighted by atomic mass is 10.0. The van der Waals surface area contributed by atoms with Crippen molar-refractivity contribution in [3.8, 4) is 23.1 Å². The average molecular weight is 490 g/mol. The molecule has 8 nitrogen and oxygen atoms in total. The number of nitrogen functional groups attached to an aromatic ring is 2. The van der Waals surface area contributed by atoms with Crippen molar-refractivity contribution in [3.05, 3.63) is 63.9 Å². The van der Waals surface area contributed by atoms with Gasteiger partial charge in [-0.15, -0.1) is 0 Å². The summed E-state index contributed by atoms with van der Waals surface area (Å²) in [5, 5.41) is 0.351. The van der Waals surface area contributed by atoms with Crippen LogP contribution in [0.4, 0.5) is 11.8 Å². The van der Waals surface area contributed by atoms with E-state index in [9.17, 15) is 4.79 Å². The van der Waals surface area contributed by atoms with Crippen LogP contribution in [0.1, 0.15) is 40.0 Å². The first-order valence-corrected chi connectivity index (χ1v) is 11.7. The maximum absolute atomic E-state index is 13.2. The van der Waals surface area contributed by atoms with Crippen molar-refractivity contribution < 1.29 is 4.79 Å². The van der Waals surface area contributed by atoms with Gasteiger partial charge in [-0.2, -0.15) is 0 Å². The van der Waals surface area contributed by atoms with Crippen LogP contribution in [0.3, 0.4) is 0 Å². The van der Waals surface area contributed by atoms with Crippen LogP contribution in [0.5, 0.6) is 0 Å². The Morgan fingerprint density at radius 2 is 1.89 bits per heavy atom. The molecule has 4 rings (SSSR count). The molecule has 0 atom stereocenters. The first kappa shape index (κ1) is 24.5.